The van der Waals surface area contributed by atoms with Crippen molar-refractivity contribution in [2.24, 2.45) is 0 Å². The van der Waals surface area contributed by atoms with E-state index < -0.39 is 6.10 Å². The number of halogens is 1. The molecule has 1 heterocycles. The van der Waals surface area contributed by atoms with E-state index in [4.69, 9.17) is 14.2 Å². The predicted octanol–water partition coefficient (Wildman–Crippen LogP) is 2.06. The third kappa shape index (κ3) is 6.63. The first-order valence-electron chi connectivity index (χ1n) is 8.94. The fourth-order valence-electron chi connectivity index (χ4n) is 2.71. The van der Waals surface area contributed by atoms with Crippen molar-refractivity contribution in [3.63, 3.8) is 0 Å². The van der Waals surface area contributed by atoms with Gasteiger partial charge in [0.25, 0.3) is 11.8 Å². The van der Waals surface area contributed by atoms with Gasteiger partial charge in [0, 0.05) is 24.5 Å². The molecule has 0 radical (unpaired) electrons. The summed E-state index contributed by atoms with van der Waals surface area (Å²) in [6.45, 7) is 1.55. The van der Waals surface area contributed by atoms with Gasteiger partial charge in [0.15, 0.2) is 18.1 Å². The normalized spacial score (nSPS) is 15.6. The van der Waals surface area contributed by atoms with Crippen LogP contribution in [0, 0.1) is 0 Å². The van der Waals surface area contributed by atoms with E-state index >= 15 is 0 Å². The number of rotatable bonds is 7. The first-order chi connectivity index (χ1) is 13.7. The second kappa shape index (κ2) is 11.3. The summed E-state index contributed by atoms with van der Waals surface area (Å²) in [6.07, 6.45) is -0.527. The minimum absolute atomic E-state index is 0. The third-order valence-electron chi connectivity index (χ3n) is 4.06. The van der Waals surface area contributed by atoms with Crippen LogP contribution in [0.4, 0.5) is 11.4 Å². The summed E-state index contributed by atoms with van der Waals surface area (Å²) in [5.41, 5.74) is 1.12. The molecule has 156 valence electrons. The molecule has 2 aromatic carbocycles. The number of nitrogens with one attached hydrogen (secondary N) is 3. The molecule has 1 fully saturated rings. The van der Waals surface area contributed by atoms with Crippen LogP contribution in [0.5, 0.6) is 11.5 Å². The molecule has 0 aromatic heterocycles. The molecule has 3 N–H and O–H groups in total. The number of morpholine rings is 1. The summed E-state index contributed by atoms with van der Waals surface area (Å²) in [5.74, 6) is 0.492. The zero-order valence-electron chi connectivity index (χ0n) is 16.0. The lowest BCUT2D eigenvalue weighted by Gasteiger charge is -2.22. The van der Waals surface area contributed by atoms with Gasteiger partial charge < -0.3 is 30.2 Å². The van der Waals surface area contributed by atoms with Crippen LogP contribution in [0.25, 0.3) is 0 Å². The zero-order chi connectivity index (χ0) is 19.8. The minimum Gasteiger partial charge on any atom is -0.493 e. The van der Waals surface area contributed by atoms with Crippen LogP contribution in [0.15, 0.2) is 48.5 Å². The molecule has 3 rings (SSSR count). The molecular weight excluding hydrogens is 398 g/mol. The fourth-order valence-corrected chi connectivity index (χ4v) is 2.71. The van der Waals surface area contributed by atoms with Gasteiger partial charge in [-0.25, -0.2) is 0 Å². The Bertz CT molecular complexity index is 827. The van der Waals surface area contributed by atoms with E-state index in [1.807, 2.05) is 6.07 Å². The summed E-state index contributed by atoms with van der Waals surface area (Å²) in [4.78, 5) is 24.4. The van der Waals surface area contributed by atoms with Crippen molar-refractivity contribution >= 4 is 35.6 Å². The minimum atomic E-state index is -0.527. The van der Waals surface area contributed by atoms with Crippen LogP contribution in [-0.2, 0) is 14.3 Å². The quantitative estimate of drug-likeness (QED) is 0.633. The van der Waals surface area contributed by atoms with Crippen molar-refractivity contribution < 1.29 is 23.8 Å². The van der Waals surface area contributed by atoms with Crippen LogP contribution in [0.2, 0.25) is 0 Å². The van der Waals surface area contributed by atoms with Crippen molar-refractivity contribution in [2.75, 3.05) is 44.0 Å². The van der Waals surface area contributed by atoms with E-state index in [0.717, 1.165) is 6.54 Å². The first kappa shape index (κ1) is 22.5. The van der Waals surface area contributed by atoms with Crippen molar-refractivity contribution in [3.05, 3.63) is 48.5 Å². The second-order valence-corrected chi connectivity index (χ2v) is 6.12. The number of amides is 2. The summed E-state index contributed by atoms with van der Waals surface area (Å²) in [5, 5.41) is 8.65. The predicted molar refractivity (Wildman–Crippen MR) is 112 cm³/mol. The summed E-state index contributed by atoms with van der Waals surface area (Å²) in [6, 6.07) is 14.0. The lowest BCUT2D eigenvalue weighted by atomic mass is 10.2. The number of methoxy groups -OCH3 is 1. The van der Waals surface area contributed by atoms with Gasteiger partial charge in [0.2, 0.25) is 0 Å². The molecule has 1 unspecified atom stereocenters. The number of hydrogen-bond acceptors (Lipinski definition) is 6. The highest BCUT2D eigenvalue weighted by atomic mass is 35.5. The van der Waals surface area contributed by atoms with Gasteiger partial charge in [0.1, 0.15) is 6.10 Å². The molecule has 0 aliphatic carbocycles. The number of carbonyl (C=O) groups excluding carboxylic acids is 2. The van der Waals surface area contributed by atoms with Crippen molar-refractivity contribution in [2.45, 2.75) is 6.10 Å². The van der Waals surface area contributed by atoms with Crippen LogP contribution < -0.4 is 25.4 Å². The number of anilines is 2. The average Bonchev–Trinajstić information content (AvgIpc) is 2.73. The topological polar surface area (TPSA) is 97.9 Å². The molecule has 1 aliphatic heterocycles. The lowest BCUT2D eigenvalue weighted by molar-refractivity contribution is -0.128. The second-order valence-electron chi connectivity index (χ2n) is 6.12. The van der Waals surface area contributed by atoms with Gasteiger partial charge in [-0.3, -0.25) is 9.59 Å². The Kier molecular flexibility index (Phi) is 8.72. The third-order valence-corrected chi connectivity index (χ3v) is 4.06. The van der Waals surface area contributed by atoms with E-state index in [9.17, 15) is 9.59 Å². The van der Waals surface area contributed by atoms with E-state index in [0.29, 0.717) is 36.0 Å². The lowest BCUT2D eigenvalue weighted by Crippen LogP contribution is -2.45. The average molecular weight is 422 g/mol. The maximum atomic E-state index is 12.2. The fraction of sp³-hybridized carbons (Fsp3) is 0.300. The molecule has 1 atom stereocenters. The summed E-state index contributed by atoms with van der Waals surface area (Å²) in [7, 11) is 1.54. The molecule has 0 spiro atoms. The molecule has 8 nitrogen and oxygen atoms in total. The van der Waals surface area contributed by atoms with Gasteiger partial charge in [-0.2, -0.15) is 0 Å². The Balaban J connectivity index is 0.00000300. The van der Waals surface area contributed by atoms with Gasteiger partial charge in [0.05, 0.1) is 13.7 Å². The Morgan fingerprint density at radius 1 is 1.10 bits per heavy atom. The largest absolute Gasteiger partial charge is 0.493 e. The SMILES string of the molecule is COc1ccccc1OCC(=O)Nc1cccc(NC(=O)C2CNCCO2)c1.Cl. The van der Waals surface area contributed by atoms with Crippen molar-refractivity contribution in [1.29, 1.82) is 0 Å². The van der Waals surface area contributed by atoms with Gasteiger partial charge in [-0.05, 0) is 30.3 Å². The highest BCUT2D eigenvalue weighted by Gasteiger charge is 2.21. The zero-order valence-corrected chi connectivity index (χ0v) is 16.8. The smallest absolute Gasteiger partial charge is 0.262 e. The van der Waals surface area contributed by atoms with E-state index in [2.05, 4.69) is 16.0 Å². The van der Waals surface area contributed by atoms with E-state index in [1.165, 1.54) is 7.11 Å². The molecule has 9 heteroatoms. The maximum Gasteiger partial charge on any atom is 0.262 e. The summed E-state index contributed by atoms with van der Waals surface area (Å²) >= 11 is 0. The van der Waals surface area contributed by atoms with Crippen LogP contribution >= 0.6 is 12.4 Å². The molecule has 29 heavy (non-hydrogen) atoms. The molecule has 0 saturated carbocycles. The van der Waals surface area contributed by atoms with Gasteiger partial charge >= 0.3 is 0 Å². The maximum absolute atomic E-state index is 12.2. The summed E-state index contributed by atoms with van der Waals surface area (Å²) < 4.78 is 16.1. The van der Waals surface area contributed by atoms with Gasteiger partial charge in [-0.15, -0.1) is 12.4 Å². The number of hydrogen-bond donors (Lipinski definition) is 3. The number of para-hydroxylation sites is 2. The highest BCUT2D eigenvalue weighted by molar-refractivity contribution is 5.96. The first-order valence-corrected chi connectivity index (χ1v) is 8.94. The Hall–Kier alpha value is -2.81. The van der Waals surface area contributed by atoms with Gasteiger partial charge in [-0.1, -0.05) is 18.2 Å². The molecule has 2 amide bonds. The monoisotopic (exact) mass is 421 g/mol. The Morgan fingerprint density at radius 2 is 1.83 bits per heavy atom. The van der Waals surface area contributed by atoms with Crippen molar-refractivity contribution in [1.82, 2.24) is 5.32 Å². The van der Waals surface area contributed by atoms with Crippen LogP contribution in [-0.4, -0.2) is 51.3 Å². The van der Waals surface area contributed by atoms with Crippen LogP contribution in [0.3, 0.4) is 0 Å². The Morgan fingerprint density at radius 3 is 2.52 bits per heavy atom. The van der Waals surface area contributed by atoms with Crippen LogP contribution in [0.1, 0.15) is 0 Å². The van der Waals surface area contributed by atoms with E-state index in [1.54, 1.807) is 42.5 Å². The van der Waals surface area contributed by atoms with E-state index in [-0.39, 0.29) is 30.8 Å². The number of ether oxygens (including phenoxy) is 3. The highest BCUT2D eigenvalue weighted by Crippen LogP contribution is 2.25. The number of benzene rings is 2. The van der Waals surface area contributed by atoms with Crippen molar-refractivity contribution in [3.8, 4) is 11.5 Å². The Labute approximate surface area is 175 Å². The molecular formula is C20H24ClN3O5. The molecule has 1 aliphatic rings. The molecule has 1 saturated heterocycles. The number of carbonyl (C=O) groups is 2. The standard InChI is InChI=1S/C20H23N3O5.ClH/c1-26-16-7-2-3-8-17(16)28-13-19(24)22-14-5-4-6-15(11-14)23-20(25)18-12-21-9-10-27-18;/h2-8,11,18,21H,9-10,12-13H2,1H3,(H,22,24)(H,23,25);1H. The molecule has 0 bridgehead atoms. The molecule has 2 aromatic rings.